The molecule has 1 aromatic heterocycles. The molecule has 4 nitrogen and oxygen atoms in total. The van der Waals surface area contributed by atoms with Gasteiger partial charge in [0.25, 0.3) is 0 Å². The highest BCUT2D eigenvalue weighted by molar-refractivity contribution is 7.99. The van der Waals surface area contributed by atoms with Crippen LogP contribution in [0.15, 0.2) is 11.4 Å². The Hall–Kier alpha value is -0.970. The van der Waals surface area contributed by atoms with Gasteiger partial charge >= 0.3 is 0 Å². The standard InChI is InChI=1S/C8H10N2O2S/c11-7(12)2-1-6-5-10-3-4-13-8(10)9-6/h5H,1-4H2,(H,11,12)/p-1. The van der Waals surface area contributed by atoms with Crippen LogP contribution in [0.25, 0.3) is 0 Å². The van der Waals surface area contributed by atoms with Crippen molar-refractivity contribution < 1.29 is 9.90 Å². The average Bonchev–Trinajstić information content (AvgIpc) is 2.58. The third kappa shape index (κ3) is 1.85. The molecule has 0 radical (unpaired) electrons. The minimum Gasteiger partial charge on any atom is -0.550 e. The molecule has 0 unspecified atom stereocenters. The van der Waals surface area contributed by atoms with Crippen molar-refractivity contribution in [1.82, 2.24) is 9.55 Å². The highest BCUT2D eigenvalue weighted by Gasteiger charge is 2.13. The minimum absolute atomic E-state index is 0.0567. The normalized spacial score (nSPS) is 14.5. The smallest absolute Gasteiger partial charge is 0.168 e. The summed E-state index contributed by atoms with van der Waals surface area (Å²) < 4.78 is 2.06. The fourth-order valence-corrected chi connectivity index (χ4v) is 2.27. The van der Waals surface area contributed by atoms with E-state index >= 15 is 0 Å². The number of hydrogen-bond donors (Lipinski definition) is 0. The molecule has 0 saturated heterocycles. The number of aryl methyl sites for hydroxylation is 2. The zero-order valence-corrected chi connectivity index (χ0v) is 7.84. The van der Waals surface area contributed by atoms with Gasteiger partial charge in [-0.2, -0.15) is 0 Å². The Labute approximate surface area is 80.0 Å². The molecule has 13 heavy (non-hydrogen) atoms. The summed E-state index contributed by atoms with van der Waals surface area (Å²) in [5, 5.41) is 11.2. The molecule has 0 fully saturated rings. The SMILES string of the molecule is O=C([O-])CCc1cn2c(n1)SCC2. The van der Waals surface area contributed by atoms with Gasteiger partial charge in [-0.25, -0.2) is 4.98 Å². The van der Waals surface area contributed by atoms with Crippen LogP contribution in [0, 0.1) is 0 Å². The Morgan fingerprint density at radius 2 is 2.62 bits per heavy atom. The van der Waals surface area contributed by atoms with E-state index in [4.69, 9.17) is 0 Å². The predicted molar refractivity (Wildman–Crippen MR) is 46.3 cm³/mol. The second-order valence-electron chi connectivity index (χ2n) is 2.93. The first-order chi connectivity index (χ1) is 6.25. The van der Waals surface area contributed by atoms with Crippen molar-refractivity contribution in [3.05, 3.63) is 11.9 Å². The number of rotatable bonds is 3. The van der Waals surface area contributed by atoms with Gasteiger partial charge in [-0.3, -0.25) is 0 Å². The van der Waals surface area contributed by atoms with Crippen LogP contribution in [0.2, 0.25) is 0 Å². The Morgan fingerprint density at radius 1 is 1.77 bits per heavy atom. The molecule has 0 aliphatic carbocycles. The summed E-state index contributed by atoms with van der Waals surface area (Å²) in [5.74, 6) is 0.0594. The number of thioether (sulfide) groups is 1. The van der Waals surface area contributed by atoms with E-state index in [2.05, 4.69) is 9.55 Å². The van der Waals surface area contributed by atoms with Crippen molar-refractivity contribution in [2.24, 2.45) is 0 Å². The molecular weight excluding hydrogens is 188 g/mol. The van der Waals surface area contributed by atoms with Crippen molar-refractivity contribution in [2.45, 2.75) is 24.5 Å². The lowest BCUT2D eigenvalue weighted by Gasteiger charge is -1.97. The number of carbonyl (C=O) groups is 1. The third-order valence-electron chi connectivity index (χ3n) is 1.94. The van der Waals surface area contributed by atoms with Gasteiger partial charge < -0.3 is 14.5 Å². The Kier molecular flexibility index (Phi) is 2.26. The van der Waals surface area contributed by atoms with E-state index in [1.54, 1.807) is 11.8 Å². The summed E-state index contributed by atoms with van der Waals surface area (Å²) in [6.45, 7) is 0.984. The summed E-state index contributed by atoms with van der Waals surface area (Å²) in [4.78, 5) is 14.5. The summed E-state index contributed by atoms with van der Waals surface area (Å²) in [6.07, 6.45) is 2.46. The molecule has 2 heterocycles. The first-order valence-corrected chi connectivity index (χ1v) is 5.13. The maximum atomic E-state index is 10.2. The Morgan fingerprint density at radius 3 is 3.31 bits per heavy atom. The molecule has 1 aromatic rings. The van der Waals surface area contributed by atoms with Crippen molar-refractivity contribution in [3.8, 4) is 0 Å². The molecule has 0 saturated carbocycles. The summed E-state index contributed by atoms with van der Waals surface area (Å²) >= 11 is 1.71. The van der Waals surface area contributed by atoms with Crippen LogP contribution in [0.3, 0.4) is 0 Å². The zero-order chi connectivity index (χ0) is 9.26. The quantitative estimate of drug-likeness (QED) is 0.666. The van der Waals surface area contributed by atoms with E-state index in [0.717, 1.165) is 23.1 Å². The fourth-order valence-electron chi connectivity index (χ4n) is 1.31. The number of carboxylic acid groups (broad SMARTS) is 1. The molecule has 0 amide bonds. The number of carboxylic acids is 1. The van der Waals surface area contributed by atoms with Gasteiger partial charge in [-0.1, -0.05) is 11.8 Å². The van der Waals surface area contributed by atoms with E-state index in [1.165, 1.54) is 0 Å². The molecule has 0 aromatic carbocycles. The van der Waals surface area contributed by atoms with Crippen molar-refractivity contribution in [3.63, 3.8) is 0 Å². The average molecular weight is 197 g/mol. The van der Waals surface area contributed by atoms with Crippen LogP contribution in [0.1, 0.15) is 12.1 Å². The van der Waals surface area contributed by atoms with Gasteiger partial charge in [0.05, 0.1) is 5.69 Å². The highest BCUT2D eigenvalue weighted by atomic mass is 32.2. The number of nitrogens with zero attached hydrogens (tertiary/aromatic N) is 2. The molecule has 0 spiro atoms. The van der Waals surface area contributed by atoms with Crippen LogP contribution < -0.4 is 5.11 Å². The minimum atomic E-state index is -1.01. The number of hydrogen-bond acceptors (Lipinski definition) is 4. The van der Waals surface area contributed by atoms with Crippen LogP contribution in [0.5, 0.6) is 0 Å². The number of aliphatic carboxylic acids is 1. The fraction of sp³-hybridized carbons (Fsp3) is 0.500. The second-order valence-corrected chi connectivity index (χ2v) is 3.99. The molecule has 0 bridgehead atoms. The molecule has 2 rings (SSSR count). The van der Waals surface area contributed by atoms with Gasteiger partial charge in [-0.15, -0.1) is 0 Å². The lowest BCUT2D eigenvalue weighted by molar-refractivity contribution is -0.305. The molecular formula is C8H9N2O2S-. The molecule has 5 heteroatoms. The zero-order valence-electron chi connectivity index (χ0n) is 7.02. The maximum Gasteiger partial charge on any atom is 0.168 e. The molecule has 1 aliphatic rings. The summed E-state index contributed by atoms with van der Waals surface area (Å²) in [5.41, 5.74) is 0.853. The van der Waals surface area contributed by atoms with Crippen LogP contribution in [0.4, 0.5) is 0 Å². The largest absolute Gasteiger partial charge is 0.550 e. The van der Waals surface area contributed by atoms with Crippen molar-refractivity contribution >= 4 is 17.7 Å². The number of aromatic nitrogens is 2. The molecule has 0 N–H and O–H groups in total. The molecule has 70 valence electrons. The Bertz CT molecular complexity index is 313. The van der Waals surface area contributed by atoms with E-state index in [-0.39, 0.29) is 6.42 Å². The Balaban J connectivity index is 2.02. The van der Waals surface area contributed by atoms with Gasteiger partial charge in [-0.05, 0) is 12.8 Å². The highest BCUT2D eigenvalue weighted by Crippen LogP contribution is 2.24. The van der Waals surface area contributed by atoms with Gasteiger partial charge in [0.15, 0.2) is 5.16 Å². The monoisotopic (exact) mass is 197 g/mol. The van der Waals surface area contributed by atoms with E-state index < -0.39 is 5.97 Å². The molecule has 1 aliphatic heterocycles. The lowest BCUT2D eigenvalue weighted by Crippen LogP contribution is -2.22. The summed E-state index contributed by atoms with van der Waals surface area (Å²) in [7, 11) is 0. The first-order valence-electron chi connectivity index (χ1n) is 4.14. The van der Waals surface area contributed by atoms with Gasteiger partial charge in [0.1, 0.15) is 0 Å². The van der Waals surface area contributed by atoms with Crippen LogP contribution in [-0.2, 0) is 17.8 Å². The van der Waals surface area contributed by atoms with Gasteiger partial charge in [0, 0.05) is 24.5 Å². The topological polar surface area (TPSA) is 57.9 Å². The van der Waals surface area contributed by atoms with Crippen molar-refractivity contribution in [2.75, 3.05) is 5.75 Å². The number of fused-ring (bicyclic) bond motifs is 1. The lowest BCUT2D eigenvalue weighted by atomic mass is 10.2. The van der Waals surface area contributed by atoms with E-state index in [9.17, 15) is 9.90 Å². The number of carbonyl (C=O) groups excluding carboxylic acids is 1. The van der Waals surface area contributed by atoms with E-state index in [0.29, 0.717) is 6.42 Å². The molecule has 0 atom stereocenters. The van der Waals surface area contributed by atoms with Crippen molar-refractivity contribution in [1.29, 1.82) is 0 Å². The van der Waals surface area contributed by atoms with Crippen LogP contribution >= 0.6 is 11.8 Å². The third-order valence-corrected chi connectivity index (χ3v) is 2.91. The maximum absolute atomic E-state index is 10.2. The first kappa shape index (κ1) is 8.62. The summed E-state index contributed by atoms with van der Waals surface area (Å²) in [6, 6.07) is 0. The predicted octanol–water partition coefficient (Wildman–Crippen LogP) is -0.329. The van der Waals surface area contributed by atoms with E-state index in [1.807, 2.05) is 6.20 Å². The second kappa shape index (κ2) is 3.41. The number of imidazole rings is 1. The van der Waals surface area contributed by atoms with Gasteiger partial charge in [0.2, 0.25) is 0 Å². The van der Waals surface area contributed by atoms with Crippen LogP contribution in [-0.4, -0.2) is 21.3 Å².